The van der Waals surface area contributed by atoms with E-state index < -0.39 is 10.0 Å². The zero-order valence-electron chi connectivity index (χ0n) is 17.8. The van der Waals surface area contributed by atoms with Crippen molar-refractivity contribution in [2.24, 2.45) is 0 Å². The van der Waals surface area contributed by atoms with Crippen LogP contribution >= 0.6 is 11.3 Å². The van der Waals surface area contributed by atoms with Crippen molar-refractivity contribution >= 4 is 37.5 Å². The summed E-state index contributed by atoms with van der Waals surface area (Å²) >= 11 is 1.61. The molecule has 0 aliphatic carbocycles. The number of amides is 1. The van der Waals surface area contributed by atoms with Gasteiger partial charge >= 0.3 is 0 Å². The predicted octanol–water partition coefficient (Wildman–Crippen LogP) is 4.23. The molecule has 1 unspecified atom stereocenters. The van der Waals surface area contributed by atoms with Gasteiger partial charge in [0.15, 0.2) is 0 Å². The fraction of sp³-hybridized carbons (Fsp3) is 0.391. The van der Waals surface area contributed by atoms with Gasteiger partial charge in [-0.1, -0.05) is 24.3 Å². The van der Waals surface area contributed by atoms with Crippen LogP contribution in [0.25, 0.3) is 10.2 Å². The summed E-state index contributed by atoms with van der Waals surface area (Å²) in [5, 5.41) is 0.925. The third-order valence-corrected chi connectivity index (χ3v) is 9.02. The van der Waals surface area contributed by atoms with Crippen LogP contribution in [0.3, 0.4) is 0 Å². The highest BCUT2D eigenvalue weighted by Gasteiger charge is 2.27. The van der Waals surface area contributed by atoms with Crippen molar-refractivity contribution in [2.45, 2.75) is 43.5 Å². The van der Waals surface area contributed by atoms with Crippen molar-refractivity contribution in [1.82, 2.24) is 14.2 Å². The van der Waals surface area contributed by atoms with Crippen LogP contribution in [0, 0.1) is 0 Å². The molecule has 0 N–H and O–H groups in total. The van der Waals surface area contributed by atoms with Crippen molar-refractivity contribution in [3.8, 4) is 0 Å². The van der Waals surface area contributed by atoms with Crippen molar-refractivity contribution < 1.29 is 13.2 Å². The Kier molecular flexibility index (Phi) is 6.41. The molecule has 4 rings (SSSR count). The molecule has 1 aromatic heterocycles. The molecule has 1 aliphatic heterocycles. The zero-order chi connectivity index (χ0) is 22.0. The first-order valence-corrected chi connectivity index (χ1v) is 12.8. The molecule has 164 valence electrons. The summed E-state index contributed by atoms with van der Waals surface area (Å²) < 4.78 is 27.9. The average Bonchev–Trinajstić information content (AvgIpc) is 3.47. The van der Waals surface area contributed by atoms with E-state index in [1.807, 2.05) is 50.4 Å². The highest BCUT2D eigenvalue weighted by molar-refractivity contribution is 7.89. The maximum absolute atomic E-state index is 12.7. The van der Waals surface area contributed by atoms with Gasteiger partial charge in [-0.2, -0.15) is 4.31 Å². The number of sulfonamides is 1. The number of rotatable bonds is 7. The monoisotopic (exact) mass is 457 g/mol. The highest BCUT2D eigenvalue weighted by Crippen LogP contribution is 2.29. The summed E-state index contributed by atoms with van der Waals surface area (Å²) in [4.78, 5) is 19.5. The van der Waals surface area contributed by atoms with Crippen LogP contribution in [0.1, 0.15) is 42.8 Å². The lowest BCUT2D eigenvalue weighted by Crippen LogP contribution is -2.29. The standard InChI is InChI=1S/C23H27N3O3S2/c1-17(23-24-20-7-3-4-8-21(20)30-23)25(2)22(27)14-11-18-9-12-19(13-10-18)31(28,29)26-15-5-6-16-26/h3-4,7-10,12-13,17H,5-6,11,14-16H2,1-2H3. The van der Waals surface area contributed by atoms with Gasteiger partial charge in [0, 0.05) is 26.6 Å². The molecule has 0 spiro atoms. The maximum atomic E-state index is 12.7. The van der Waals surface area contributed by atoms with Gasteiger partial charge in [-0.05, 0) is 56.0 Å². The van der Waals surface area contributed by atoms with E-state index in [1.54, 1.807) is 32.7 Å². The van der Waals surface area contributed by atoms with Crippen LogP contribution in [0.15, 0.2) is 53.4 Å². The number of hydrogen-bond donors (Lipinski definition) is 0. The predicted molar refractivity (Wildman–Crippen MR) is 124 cm³/mol. The van der Waals surface area contributed by atoms with E-state index in [2.05, 4.69) is 4.98 Å². The van der Waals surface area contributed by atoms with Crippen LogP contribution in [0.2, 0.25) is 0 Å². The first-order valence-electron chi connectivity index (χ1n) is 10.6. The summed E-state index contributed by atoms with van der Waals surface area (Å²) in [6.45, 7) is 3.18. The molecule has 0 radical (unpaired) electrons. The number of carbonyl (C=O) groups is 1. The van der Waals surface area contributed by atoms with E-state index in [9.17, 15) is 13.2 Å². The number of carbonyl (C=O) groups excluding carboxylic acids is 1. The van der Waals surface area contributed by atoms with E-state index in [1.165, 1.54) is 0 Å². The molecule has 2 heterocycles. The lowest BCUT2D eigenvalue weighted by Gasteiger charge is -2.23. The minimum absolute atomic E-state index is 0.0421. The fourth-order valence-electron chi connectivity index (χ4n) is 3.78. The van der Waals surface area contributed by atoms with Crippen LogP contribution in [0.5, 0.6) is 0 Å². The van der Waals surface area contributed by atoms with Crippen LogP contribution in [0.4, 0.5) is 0 Å². The Morgan fingerprint density at radius 3 is 2.48 bits per heavy atom. The third-order valence-electron chi connectivity index (χ3n) is 5.90. The number of aryl methyl sites for hydroxylation is 1. The molecule has 0 bridgehead atoms. The van der Waals surface area contributed by atoms with E-state index in [4.69, 9.17) is 0 Å². The fourth-order valence-corrected chi connectivity index (χ4v) is 6.36. The summed E-state index contributed by atoms with van der Waals surface area (Å²) in [5.41, 5.74) is 1.91. The highest BCUT2D eigenvalue weighted by atomic mass is 32.2. The Morgan fingerprint density at radius 1 is 1.13 bits per heavy atom. The molecular weight excluding hydrogens is 430 g/mol. The Morgan fingerprint density at radius 2 is 1.81 bits per heavy atom. The van der Waals surface area contributed by atoms with Gasteiger partial charge < -0.3 is 4.90 Å². The minimum atomic E-state index is -3.40. The van der Waals surface area contributed by atoms with E-state index in [0.29, 0.717) is 30.8 Å². The SMILES string of the molecule is CC(c1nc2ccccc2s1)N(C)C(=O)CCc1ccc(S(=O)(=O)N2CCCC2)cc1. The molecule has 1 aliphatic rings. The molecule has 0 saturated carbocycles. The van der Waals surface area contributed by atoms with Crippen molar-refractivity contribution in [1.29, 1.82) is 0 Å². The summed E-state index contributed by atoms with van der Waals surface area (Å²) in [7, 11) is -1.59. The second-order valence-corrected chi connectivity index (χ2v) is 11.0. The average molecular weight is 458 g/mol. The van der Waals surface area contributed by atoms with Crippen molar-refractivity contribution in [3.63, 3.8) is 0 Å². The van der Waals surface area contributed by atoms with Crippen molar-refractivity contribution in [3.05, 3.63) is 59.1 Å². The molecule has 2 aromatic carbocycles. The first kappa shape index (κ1) is 21.9. The van der Waals surface area contributed by atoms with E-state index in [0.717, 1.165) is 33.6 Å². The largest absolute Gasteiger partial charge is 0.337 e. The smallest absolute Gasteiger partial charge is 0.243 e. The Hall–Kier alpha value is -2.29. The number of benzene rings is 2. The Labute approximate surface area is 187 Å². The minimum Gasteiger partial charge on any atom is -0.337 e. The number of aromatic nitrogens is 1. The van der Waals surface area contributed by atoms with Gasteiger partial charge in [-0.15, -0.1) is 11.3 Å². The summed E-state index contributed by atoms with van der Waals surface area (Å²) in [5.74, 6) is 0.0421. The number of hydrogen-bond acceptors (Lipinski definition) is 5. The third kappa shape index (κ3) is 4.66. The molecule has 6 nitrogen and oxygen atoms in total. The molecule has 1 saturated heterocycles. The molecule has 1 amide bonds. The van der Waals surface area contributed by atoms with E-state index in [-0.39, 0.29) is 11.9 Å². The van der Waals surface area contributed by atoms with Crippen LogP contribution < -0.4 is 0 Å². The second-order valence-electron chi connectivity index (χ2n) is 7.96. The van der Waals surface area contributed by atoms with Gasteiger partial charge in [0.2, 0.25) is 15.9 Å². The molecular formula is C23H27N3O3S2. The van der Waals surface area contributed by atoms with Gasteiger partial charge in [-0.25, -0.2) is 13.4 Å². The molecule has 1 atom stereocenters. The molecule has 1 fully saturated rings. The lowest BCUT2D eigenvalue weighted by atomic mass is 10.1. The zero-order valence-corrected chi connectivity index (χ0v) is 19.5. The Balaban J connectivity index is 1.36. The number of thiazole rings is 1. The van der Waals surface area contributed by atoms with Crippen LogP contribution in [-0.4, -0.2) is 48.7 Å². The van der Waals surface area contributed by atoms with Gasteiger partial charge in [0.25, 0.3) is 0 Å². The maximum Gasteiger partial charge on any atom is 0.243 e. The lowest BCUT2D eigenvalue weighted by molar-refractivity contribution is -0.131. The summed E-state index contributed by atoms with van der Waals surface area (Å²) in [6, 6.07) is 14.8. The Bertz CT molecular complexity index is 1130. The van der Waals surface area contributed by atoms with Gasteiger partial charge in [0.1, 0.15) is 5.01 Å². The molecule has 8 heteroatoms. The van der Waals surface area contributed by atoms with Crippen molar-refractivity contribution in [2.75, 3.05) is 20.1 Å². The quantitative estimate of drug-likeness (QED) is 0.532. The first-order chi connectivity index (χ1) is 14.9. The number of fused-ring (bicyclic) bond motifs is 1. The summed E-state index contributed by atoms with van der Waals surface area (Å²) in [6.07, 6.45) is 2.77. The normalized spacial score (nSPS) is 15.9. The number of nitrogens with zero attached hydrogens (tertiary/aromatic N) is 3. The number of para-hydroxylation sites is 1. The van der Waals surface area contributed by atoms with Crippen LogP contribution in [-0.2, 0) is 21.2 Å². The van der Waals surface area contributed by atoms with Gasteiger partial charge in [-0.3, -0.25) is 4.79 Å². The molecule has 3 aromatic rings. The second kappa shape index (κ2) is 9.06. The van der Waals surface area contributed by atoms with Gasteiger partial charge in [0.05, 0.1) is 21.2 Å². The van der Waals surface area contributed by atoms with E-state index >= 15 is 0 Å². The molecule has 31 heavy (non-hydrogen) atoms. The topological polar surface area (TPSA) is 70.6 Å².